The lowest BCUT2D eigenvalue weighted by Gasteiger charge is -2.15. The maximum absolute atomic E-state index is 5.08. The van der Waals surface area contributed by atoms with Gasteiger partial charge in [0.1, 0.15) is 5.82 Å². The Labute approximate surface area is 173 Å². The van der Waals surface area contributed by atoms with Crippen molar-refractivity contribution in [2.45, 2.75) is 19.9 Å². The number of rotatable bonds is 8. The lowest BCUT2D eigenvalue weighted by atomic mass is 10.1. The van der Waals surface area contributed by atoms with Crippen LogP contribution in [0.3, 0.4) is 0 Å². The zero-order valence-electron chi connectivity index (χ0n) is 16.1. The molecule has 0 aliphatic rings. The molecule has 0 saturated carbocycles. The number of hydrogen-bond acceptors (Lipinski definition) is 4. The number of aliphatic imine (C=N–C) groups is 1. The lowest BCUT2D eigenvalue weighted by Crippen LogP contribution is -2.38. The van der Waals surface area contributed by atoms with E-state index in [9.17, 15) is 0 Å². The minimum absolute atomic E-state index is 0. The molecule has 2 rings (SSSR count). The minimum Gasteiger partial charge on any atom is -0.385 e. The molecule has 6 nitrogen and oxygen atoms in total. The second kappa shape index (κ2) is 11.9. The Morgan fingerprint density at radius 1 is 1.23 bits per heavy atom. The van der Waals surface area contributed by atoms with E-state index >= 15 is 0 Å². The maximum atomic E-state index is 5.08. The van der Waals surface area contributed by atoms with Crippen molar-refractivity contribution in [3.63, 3.8) is 0 Å². The zero-order valence-corrected chi connectivity index (χ0v) is 18.4. The van der Waals surface area contributed by atoms with E-state index in [1.54, 1.807) is 7.11 Å². The fraction of sp³-hybridized carbons (Fsp3) is 0.474. The number of benzene rings is 1. The van der Waals surface area contributed by atoms with Gasteiger partial charge in [-0.2, -0.15) is 0 Å². The molecule has 2 N–H and O–H groups in total. The molecule has 0 aliphatic heterocycles. The standard InChI is InChI=1S/C19H29N5O.HI/c1-5-20-19(21-11-8-12-25-4)22-14-15-13-18(24(2)3)23-17-10-7-6-9-16(15)17;/h6-7,9-10,13H,5,8,11-12,14H2,1-4H3,(H2,20,21,22);1H. The van der Waals surface area contributed by atoms with E-state index in [0.29, 0.717) is 6.54 Å². The van der Waals surface area contributed by atoms with Crippen molar-refractivity contribution in [1.82, 2.24) is 15.6 Å². The topological polar surface area (TPSA) is 61.8 Å². The molecule has 0 radical (unpaired) electrons. The van der Waals surface area contributed by atoms with E-state index in [1.807, 2.05) is 37.2 Å². The molecule has 0 unspecified atom stereocenters. The summed E-state index contributed by atoms with van der Waals surface area (Å²) in [5.41, 5.74) is 2.17. The highest BCUT2D eigenvalue weighted by Crippen LogP contribution is 2.22. The van der Waals surface area contributed by atoms with Gasteiger partial charge in [0.2, 0.25) is 0 Å². The van der Waals surface area contributed by atoms with Crippen LogP contribution in [0.15, 0.2) is 35.3 Å². The molecule has 1 heterocycles. The van der Waals surface area contributed by atoms with Crippen molar-refractivity contribution in [3.8, 4) is 0 Å². The predicted molar refractivity (Wildman–Crippen MR) is 121 cm³/mol. The van der Waals surface area contributed by atoms with Crippen LogP contribution in [0.25, 0.3) is 10.9 Å². The number of nitrogens with zero attached hydrogens (tertiary/aromatic N) is 3. The number of para-hydroxylation sites is 1. The molecular weight excluding hydrogens is 441 g/mol. The van der Waals surface area contributed by atoms with E-state index in [1.165, 1.54) is 5.56 Å². The number of ether oxygens (including phenoxy) is 1. The third-order valence-electron chi connectivity index (χ3n) is 3.82. The normalized spacial score (nSPS) is 11.2. The highest BCUT2D eigenvalue weighted by atomic mass is 127. The van der Waals surface area contributed by atoms with Crippen LogP contribution < -0.4 is 15.5 Å². The first kappa shape index (κ1) is 22.4. The molecule has 0 saturated heterocycles. The van der Waals surface area contributed by atoms with Crippen LogP contribution in [0, 0.1) is 0 Å². The van der Waals surface area contributed by atoms with Crippen LogP contribution >= 0.6 is 24.0 Å². The predicted octanol–water partition coefficient (Wildman–Crippen LogP) is 3.01. The molecule has 1 aromatic carbocycles. The van der Waals surface area contributed by atoms with Crippen molar-refractivity contribution in [2.24, 2.45) is 4.99 Å². The molecule has 0 bridgehead atoms. The fourth-order valence-corrected chi connectivity index (χ4v) is 2.52. The smallest absolute Gasteiger partial charge is 0.191 e. The molecular formula is C19H30IN5O. The van der Waals surface area contributed by atoms with E-state index in [2.05, 4.69) is 29.7 Å². The quantitative estimate of drug-likeness (QED) is 0.268. The largest absolute Gasteiger partial charge is 0.385 e. The average Bonchev–Trinajstić information content (AvgIpc) is 2.62. The molecule has 144 valence electrons. The minimum atomic E-state index is 0. The number of hydrogen-bond donors (Lipinski definition) is 2. The van der Waals surface area contributed by atoms with Crippen molar-refractivity contribution >= 4 is 46.7 Å². The van der Waals surface area contributed by atoms with E-state index in [0.717, 1.165) is 48.8 Å². The Morgan fingerprint density at radius 2 is 2.00 bits per heavy atom. The van der Waals surface area contributed by atoms with Gasteiger partial charge in [-0.05, 0) is 31.0 Å². The molecule has 0 amide bonds. The second-order valence-electron chi connectivity index (χ2n) is 6.02. The monoisotopic (exact) mass is 471 g/mol. The summed E-state index contributed by atoms with van der Waals surface area (Å²) >= 11 is 0. The van der Waals surface area contributed by atoms with Gasteiger partial charge in [0.05, 0.1) is 12.1 Å². The van der Waals surface area contributed by atoms with Crippen molar-refractivity contribution in [2.75, 3.05) is 45.8 Å². The molecule has 0 fully saturated rings. The van der Waals surface area contributed by atoms with Crippen LogP contribution in [0.5, 0.6) is 0 Å². The summed E-state index contributed by atoms with van der Waals surface area (Å²) in [6.45, 7) is 5.07. The Balaban J connectivity index is 0.00000338. The first-order valence-corrected chi connectivity index (χ1v) is 8.72. The molecule has 0 atom stereocenters. The van der Waals surface area contributed by atoms with Gasteiger partial charge in [-0.3, -0.25) is 0 Å². The number of pyridine rings is 1. The Bertz CT molecular complexity index is 705. The summed E-state index contributed by atoms with van der Waals surface area (Å²) in [6.07, 6.45) is 0.948. The zero-order chi connectivity index (χ0) is 18.1. The third-order valence-corrected chi connectivity index (χ3v) is 3.82. The van der Waals surface area contributed by atoms with Gasteiger partial charge in [0.15, 0.2) is 5.96 Å². The number of fused-ring (bicyclic) bond motifs is 1. The maximum Gasteiger partial charge on any atom is 0.191 e. The lowest BCUT2D eigenvalue weighted by molar-refractivity contribution is 0.195. The number of aromatic nitrogens is 1. The SMILES string of the molecule is CCNC(=NCc1cc(N(C)C)nc2ccccc12)NCCCOC.I. The highest BCUT2D eigenvalue weighted by molar-refractivity contribution is 14.0. The highest BCUT2D eigenvalue weighted by Gasteiger charge is 2.07. The second-order valence-corrected chi connectivity index (χ2v) is 6.02. The summed E-state index contributed by atoms with van der Waals surface area (Å²) in [5, 5.41) is 7.78. The van der Waals surface area contributed by atoms with E-state index < -0.39 is 0 Å². The first-order chi connectivity index (χ1) is 12.2. The summed E-state index contributed by atoms with van der Waals surface area (Å²) in [7, 11) is 5.73. The molecule has 1 aromatic heterocycles. The van der Waals surface area contributed by atoms with E-state index in [-0.39, 0.29) is 24.0 Å². The number of guanidine groups is 1. The van der Waals surface area contributed by atoms with Crippen LogP contribution in [-0.4, -0.2) is 51.8 Å². The van der Waals surface area contributed by atoms with Crippen molar-refractivity contribution in [1.29, 1.82) is 0 Å². The molecule has 26 heavy (non-hydrogen) atoms. The third kappa shape index (κ3) is 6.60. The molecule has 7 heteroatoms. The van der Waals surface area contributed by atoms with Gasteiger partial charge in [-0.15, -0.1) is 24.0 Å². The number of methoxy groups -OCH3 is 1. The fourth-order valence-electron chi connectivity index (χ4n) is 2.52. The van der Waals surface area contributed by atoms with Gasteiger partial charge in [0, 0.05) is 46.3 Å². The van der Waals surface area contributed by atoms with Gasteiger partial charge in [0.25, 0.3) is 0 Å². The average molecular weight is 471 g/mol. The van der Waals surface area contributed by atoms with Crippen LogP contribution in [0.2, 0.25) is 0 Å². The summed E-state index contributed by atoms with van der Waals surface area (Å²) < 4.78 is 5.08. The van der Waals surface area contributed by atoms with Gasteiger partial charge in [-0.1, -0.05) is 18.2 Å². The molecule has 2 aromatic rings. The Kier molecular flexibility index (Phi) is 10.3. The number of halogens is 1. The van der Waals surface area contributed by atoms with Crippen LogP contribution in [0.1, 0.15) is 18.9 Å². The van der Waals surface area contributed by atoms with Crippen molar-refractivity contribution in [3.05, 3.63) is 35.9 Å². The van der Waals surface area contributed by atoms with Crippen LogP contribution in [-0.2, 0) is 11.3 Å². The van der Waals surface area contributed by atoms with E-state index in [4.69, 9.17) is 14.7 Å². The molecule has 0 spiro atoms. The summed E-state index contributed by atoms with van der Waals surface area (Å²) in [5.74, 6) is 1.77. The number of nitrogens with one attached hydrogen (secondary N) is 2. The van der Waals surface area contributed by atoms with Gasteiger partial charge in [-0.25, -0.2) is 9.98 Å². The summed E-state index contributed by atoms with van der Waals surface area (Å²) in [4.78, 5) is 11.5. The van der Waals surface area contributed by atoms with Gasteiger partial charge >= 0.3 is 0 Å². The Morgan fingerprint density at radius 3 is 2.69 bits per heavy atom. The molecule has 0 aliphatic carbocycles. The van der Waals surface area contributed by atoms with Crippen LogP contribution in [0.4, 0.5) is 5.82 Å². The summed E-state index contributed by atoms with van der Waals surface area (Å²) in [6, 6.07) is 10.3. The number of anilines is 1. The van der Waals surface area contributed by atoms with Gasteiger partial charge < -0.3 is 20.3 Å². The Hall–Kier alpha value is -1.61. The van der Waals surface area contributed by atoms with Crippen molar-refractivity contribution < 1.29 is 4.74 Å². The first-order valence-electron chi connectivity index (χ1n) is 8.72.